The highest BCUT2D eigenvalue weighted by atomic mass is 35.5. The number of urea groups is 1. The molecule has 23 heavy (non-hydrogen) atoms. The summed E-state index contributed by atoms with van der Waals surface area (Å²) in [5.41, 5.74) is 0.0692. The molecule has 1 heterocycles. The number of amides is 3. The summed E-state index contributed by atoms with van der Waals surface area (Å²) >= 11 is 7.25. The molecule has 0 bridgehead atoms. The number of likely N-dealkylation sites (N-methyl/N-ethyl adjacent to an activating group) is 1. The molecule has 2 aromatic rings. The van der Waals surface area contributed by atoms with Gasteiger partial charge in [0.15, 0.2) is 5.37 Å². The predicted molar refractivity (Wildman–Crippen MR) is 88.1 cm³/mol. The van der Waals surface area contributed by atoms with Gasteiger partial charge in [0.05, 0.1) is 10.7 Å². The molecule has 3 amide bonds. The quantitative estimate of drug-likeness (QED) is 0.786. The summed E-state index contributed by atoms with van der Waals surface area (Å²) in [6, 6.07) is 12.3. The Bertz CT molecular complexity index is 786. The van der Waals surface area contributed by atoms with E-state index in [1.807, 2.05) is 0 Å². The molecule has 0 radical (unpaired) electrons. The SMILES string of the molecule is CN1C(=O)C(Sc2ccccc2Cl)N(c2ccccc2F)C1=O. The second-order valence-electron chi connectivity index (χ2n) is 4.90. The summed E-state index contributed by atoms with van der Waals surface area (Å²) in [6.07, 6.45) is 0. The lowest BCUT2D eigenvalue weighted by Gasteiger charge is -2.22. The molecule has 1 unspecified atom stereocenters. The number of carbonyl (C=O) groups is 2. The Kier molecular flexibility index (Phi) is 4.28. The second kappa shape index (κ2) is 6.22. The number of thioether (sulfide) groups is 1. The first-order valence-corrected chi connectivity index (χ1v) is 8.03. The monoisotopic (exact) mass is 350 g/mol. The van der Waals surface area contributed by atoms with Gasteiger partial charge < -0.3 is 0 Å². The topological polar surface area (TPSA) is 40.6 Å². The maximum absolute atomic E-state index is 14.1. The van der Waals surface area contributed by atoms with Crippen molar-refractivity contribution in [3.63, 3.8) is 0 Å². The minimum atomic E-state index is -0.899. The molecule has 0 saturated carbocycles. The Morgan fingerprint density at radius 1 is 1.09 bits per heavy atom. The molecule has 0 N–H and O–H groups in total. The second-order valence-corrected chi connectivity index (χ2v) is 6.43. The van der Waals surface area contributed by atoms with E-state index in [9.17, 15) is 14.0 Å². The van der Waals surface area contributed by atoms with Crippen LogP contribution in [0.1, 0.15) is 0 Å². The summed E-state index contributed by atoms with van der Waals surface area (Å²) < 4.78 is 14.1. The summed E-state index contributed by atoms with van der Waals surface area (Å²) in [4.78, 5) is 27.6. The van der Waals surface area contributed by atoms with E-state index in [1.165, 1.54) is 25.2 Å². The largest absolute Gasteiger partial charge is 0.332 e. The van der Waals surface area contributed by atoms with Crippen molar-refractivity contribution >= 4 is 41.0 Å². The first-order valence-electron chi connectivity index (χ1n) is 6.77. The number of halogens is 2. The maximum atomic E-state index is 14.1. The molecule has 1 aliphatic rings. The lowest BCUT2D eigenvalue weighted by Crippen LogP contribution is -2.33. The normalized spacial score (nSPS) is 18.0. The van der Waals surface area contributed by atoms with Gasteiger partial charge in [-0.1, -0.05) is 47.6 Å². The van der Waals surface area contributed by atoms with Crippen LogP contribution in [0.3, 0.4) is 0 Å². The molecule has 0 aromatic heterocycles. The zero-order valence-electron chi connectivity index (χ0n) is 12.1. The molecule has 2 aromatic carbocycles. The van der Waals surface area contributed by atoms with Crippen LogP contribution in [-0.4, -0.2) is 29.3 Å². The average Bonchev–Trinajstić information content (AvgIpc) is 2.75. The fourth-order valence-corrected chi connectivity index (χ4v) is 3.69. The first kappa shape index (κ1) is 15.8. The van der Waals surface area contributed by atoms with Crippen LogP contribution in [0.2, 0.25) is 5.02 Å². The van der Waals surface area contributed by atoms with Gasteiger partial charge in [-0.25, -0.2) is 9.18 Å². The van der Waals surface area contributed by atoms with Crippen molar-refractivity contribution in [3.8, 4) is 0 Å². The van der Waals surface area contributed by atoms with Crippen molar-refractivity contribution in [1.29, 1.82) is 0 Å². The highest BCUT2D eigenvalue weighted by Crippen LogP contribution is 2.38. The third-order valence-electron chi connectivity index (χ3n) is 3.46. The smallest absolute Gasteiger partial charge is 0.271 e. The molecular formula is C16H12ClFN2O2S. The first-order chi connectivity index (χ1) is 11.0. The molecule has 118 valence electrons. The molecule has 4 nitrogen and oxygen atoms in total. The Hall–Kier alpha value is -2.05. The van der Waals surface area contributed by atoms with E-state index in [4.69, 9.17) is 11.6 Å². The lowest BCUT2D eigenvalue weighted by molar-refractivity contribution is -0.124. The van der Waals surface area contributed by atoms with E-state index in [0.717, 1.165) is 21.6 Å². The van der Waals surface area contributed by atoms with Gasteiger partial charge in [-0.3, -0.25) is 14.6 Å². The van der Waals surface area contributed by atoms with Crippen LogP contribution in [0, 0.1) is 5.82 Å². The third kappa shape index (κ3) is 2.80. The summed E-state index contributed by atoms with van der Waals surface area (Å²) in [5.74, 6) is -0.975. The van der Waals surface area contributed by atoms with E-state index in [-0.39, 0.29) is 5.69 Å². The number of anilines is 1. The van der Waals surface area contributed by atoms with Crippen LogP contribution in [0.15, 0.2) is 53.4 Å². The third-order valence-corrected chi connectivity index (χ3v) is 5.14. The summed E-state index contributed by atoms with van der Waals surface area (Å²) in [7, 11) is 1.38. The van der Waals surface area contributed by atoms with Gasteiger partial charge in [0.2, 0.25) is 0 Å². The highest BCUT2D eigenvalue weighted by Gasteiger charge is 2.45. The van der Waals surface area contributed by atoms with Gasteiger partial charge in [-0.05, 0) is 24.3 Å². The zero-order valence-corrected chi connectivity index (χ0v) is 13.6. The number of benzene rings is 2. The standard InChI is InChI=1S/C16H12ClFN2O2S/c1-19-14(21)15(23-13-9-5-2-6-10(13)17)20(16(19)22)12-8-4-3-7-11(12)18/h2-9,15H,1H3. The fraction of sp³-hybridized carbons (Fsp3) is 0.125. The number of imide groups is 1. The summed E-state index contributed by atoms with van der Waals surface area (Å²) in [6.45, 7) is 0. The van der Waals surface area contributed by atoms with Crippen molar-refractivity contribution in [3.05, 3.63) is 59.4 Å². The molecular weight excluding hydrogens is 339 g/mol. The highest BCUT2D eigenvalue weighted by molar-refractivity contribution is 8.01. The molecule has 1 atom stereocenters. The Balaban J connectivity index is 2.02. The van der Waals surface area contributed by atoms with E-state index >= 15 is 0 Å². The van der Waals surface area contributed by atoms with Gasteiger partial charge in [-0.15, -0.1) is 0 Å². The predicted octanol–water partition coefficient (Wildman–Crippen LogP) is 4.00. The van der Waals surface area contributed by atoms with E-state index in [2.05, 4.69) is 0 Å². The van der Waals surface area contributed by atoms with Gasteiger partial charge in [0.1, 0.15) is 5.82 Å². The van der Waals surface area contributed by atoms with E-state index in [1.54, 1.807) is 30.3 Å². The van der Waals surface area contributed by atoms with Gasteiger partial charge in [0, 0.05) is 11.9 Å². The lowest BCUT2D eigenvalue weighted by atomic mass is 10.3. The minimum absolute atomic E-state index is 0.0692. The molecule has 0 spiro atoms. The van der Waals surface area contributed by atoms with Crippen molar-refractivity contribution in [2.45, 2.75) is 10.3 Å². The van der Waals surface area contributed by atoms with Crippen LogP contribution in [-0.2, 0) is 4.79 Å². The number of rotatable bonds is 3. The van der Waals surface area contributed by atoms with Crippen molar-refractivity contribution in [2.75, 3.05) is 11.9 Å². The number of carbonyl (C=O) groups excluding carboxylic acids is 2. The molecule has 1 aliphatic heterocycles. The zero-order chi connectivity index (χ0) is 16.6. The Morgan fingerprint density at radius 2 is 1.74 bits per heavy atom. The van der Waals surface area contributed by atoms with E-state index < -0.39 is 23.1 Å². The van der Waals surface area contributed by atoms with Crippen molar-refractivity contribution in [1.82, 2.24) is 4.90 Å². The maximum Gasteiger partial charge on any atom is 0.332 e. The van der Waals surface area contributed by atoms with Crippen LogP contribution in [0.4, 0.5) is 14.9 Å². The average molecular weight is 351 g/mol. The Morgan fingerprint density at radius 3 is 2.43 bits per heavy atom. The van der Waals surface area contributed by atoms with Gasteiger partial charge in [-0.2, -0.15) is 0 Å². The molecule has 1 saturated heterocycles. The van der Waals surface area contributed by atoms with Crippen LogP contribution in [0.25, 0.3) is 0 Å². The van der Waals surface area contributed by atoms with Gasteiger partial charge in [0.25, 0.3) is 5.91 Å². The number of hydrogen-bond acceptors (Lipinski definition) is 3. The Labute approximate surface area is 141 Å². The number of hydrogen-bond donors (Lipinski definition) is 0. The minimum Gasteiger partial charge on any atom is -0.271 e. The summed E-state index contributed by atoms with van der Waals surface area (Å²) in [5, 5.41) is -0.426. The molecule has 0 aliphatic carbocycles. The molecule has 3 rings (SSSR count). The van der Waals surface area contributed by atoms with Crippen LogP contribution >= 0.6 is 23.4 Å². The fourth-order valence-electron chi connectivity index (χ4n) is 2.27. The van der Waals surface area contributed by atoms with Crippen molar-refractivity contribution in [2.24, 2.45) is 0 Å². The van der Waals surface area contributed by atoms with Crippen LogP contribution in [0.5, 0.6) is 0 Å². The van der Waals surface area contributed by atoms with Gasteiger partial charge >= 0.3 is 6.03 Å². The molecule has 1 fully saturated rings. The van der Waals surface area contributed by atoms with Crippen molar-refractivity contribution < 1.29 is 14.0 Å². The van der Waals surface area contributed by atoms with Crippen LogP contribution < -0.4 is 4.90 Å². The van der Waals surface area contributed by atoms with E-state index in [0.29, 0.717) is 9.92 Å². The number of para-hydroxylation sites is 1. The number of nitrogens with zero attached hydrogens (tertiary/aromatic N) is 2. The molecule has 7 heteroatoms.